The summed E-state index contributed by atoms with van der Waals surface area (Å²) < 4.78 is 0. The number of hydrogen-bond donors (Lipinski definition) is 0. The van der Waals surface area contributed by atoms with Crippen LogP contribution < -0.4 is 0 Å². The van der Waals surface area contributed by atoms with Crippen molar-refractivity contribution in [2.45, 2.75) is 53.4 Å². The highest BCUT2D eigenvalue weighted by Crippen LogP contribution is 2.44. The monoisotopic (exact) mass is 154 g/mol. The third kappa shape index (κ3) is 1.77. The Morgan fingerprint density at radius 3 is 2.45 bits per heavy atom. The predicted molar refractivity (Wildman–Crippen MR) is 50.6 cm³/mol. The van der Waals surface area contributed by atoms with E-state index in [2.05, 4.69) is 27.7 Å². The van der Waals surface area contributed by atoms with Crippen molar-refractivity contribution in [1.29, 1.82) is 0 Å². The molecule has 0 amide bonds. The minimum atomic E-state index is 0.610. The van der Waals surface area contributed by atoms with E-state index in [1.54, 1.807) is 0 Å². The van der Waals surface area contributed by atoms with Crippen LogP contribution >= 0.6 is 0 Å². The van der Waals surface area contributed by atoms with Gasteiger partial charge in [0.15, 0.2) is 0 Å². The highest BCUT2D eigenvalue weighted by molar-refractivity contribution is 4.84. The van der Waals surface area contributed by atoms with Gasteiger partial charge < -0.3 is 0 Å². The molecule has 0 N–H and O–H groups in total. The lowest BCUT2D eigenvalue weighted by Crippen LogP contribution is -2.32. The van der Waals surface area contributed by atoms with Crippen LogP contribution in [0.1, 0.15) is 53.4 Å². The quantitative estimate of drug-likeness (QED) is 0.538. The third-order valence-corrected chi connectivity index (χ3v) is 3.86. The fourth-order valence-corrected chi connectivity index (χ4v) is 2.49. The molecule has 0 nitrogen and oxygen atoms in total. The van der Waals surface area contributed by atoms with Crippen LogP contribution in [0.25, 0.3) is 0 Å². The average Bonchev–Trinajstić information content (AvgIpc) is 1.95. The molecule has 1 fully saturated rings. The first-order chi connectivity index (χ1) is 5.08. The molecule has 0 aromatic rings. The number of rotatable bonds is 1. The molecule has 1 rings (SSSR count). The van der Waals surface area contributed by atoms with Gasteiger partial charge in [-0.1, -0.05) is 47.0 Å². The average molecular weight is 154 g/mol. The fourth-order valence-electron chi connectivity index (χ4n) is 2.49. The molecule has 0 heterocycles. The van der Waals surface area contributed by atoms with Gasteiger partial charge in [-0.2, -0.15) is 0 Å². The summed E-state index contributed by atoms with van der Waals surface area (Å²) in [6.07, 6.45) is 5.74. The Bertz CT molecular complexity index is 124. The Kier molecular flexibility index (Phi) is 2.61. The Morgan fingerprint density at radius 1 is 1.36 bits per heavy atom. The zero-order chi connectivity index (χ0) is 8.48. The van der Waals surface area contributed by atoms with E-state index in [4.69, 9.17) is 0 Å². The summed E-state index contributed by atoms with van der Waals surface area (Å²) in [5.74, 6) is 1.93. The maximum absolute atomic E-state index is 2.44. The maximum Gasteiger partial charge on any atom is -0.0326 e. The summed E-state index contributed by atoms with van der Waals surface area (Å²) in [7, 11) is 0. The van der Waals surface area contributed by atoms with Crippen LogP contribution in [0.3, 0.4) is 0 Å². The van der Waals surface area contributed by atoms with Gasteiger partial charge in [0, 0.05) is 0 Å². The topological polar surface area (TPSA) is 0 Å². The van der Waals surface area contributed by atoms with E-state index >= 15 is 0 Å². The summed E-state index contributed by atoms with van der Waals surface area (Å²) in [6, 6.07) is 0. The zero-order valence-corrected chi connectivity index (χ0v) is 8.48. The van der Waals surface area contributed by atoms with Gasteiger partial charge in [-0.05, 0) is 23.7 Å². The van der Waals surface area contributed by atoms with Crippen molar-refractivity contribution in [2.24, 2.45) is 17.3 Å². The van der Waals surface area contributed by atoms with Crippen molar-refractivity contribution >= 4 is 0 Å². The molecule has 1 saturated carbocycles. The summed E-state index contributed by atoms with van der Waals surface area (Å²) in [5.41, 5.74) is 0.610. The van der Waals surface area contributed by atoms with E-state index < -0.39 is 0 Å². The van der Waals surface area contributed by atoms with Crippen LogP contribution in [0.2, 0.25) is 0 Å². The Morgan fingerprint density at radius 2 is 2.00 bits per heavy atom. The smallest absolute Gasteiger partial charge is 0.0326 e. The van der Waals surface area contributed by atoms with E-state index in [9.17, 15) is 0 Å². The van der Waals surface area contributed by atoms with Crippen LogP contribution in [0.5, 0.6) is 0 Å². The normalized spacial score (nSPS) is 37.1. The number of hydrogen-bond acceptors (Lipinski definition) is 0. The molecule has 0 aliphatic heterocycles. The molecule has 1 aliphatic rings. The van der Waals surface area contributed by atoms with Gasteiger partial charge in [-0.3, -0.25) is 0 Å². The lowest BCUT2D eigenvalue weighted by molar-refractivity contribution is 0.0870. The van der Waals surface area contributed by atoms with Crippen molar-refractivity contribution in [1.82, 2.24) is 0 Å². The molecule has 0 saturated heterocycles. The van der Waals surface area contributed by atoms with Crippen molar-refractivity contribution in [3.05, 3.63) is 0 Å². The van der Waals surface area contributed by atoms with Gasteiger partial charge in [-0.15, -0.1) is 0 Å². The fraction of sp³-hybridized carbons (Fsp3) is 1.00. The first-order valence-corrected chi connectivity index (χ1v) is 5.08. The Labute approximate surface area is 71.4 Å². The van der Waals surface area contributed by atoms with Gasteiger partial charge in [0.2, 0.25) is 0 Å². The van der Waals surface area contributed by atoms with Crippen molar-refractivity contribution in [3.63, 3.8) is 0 Å². The summed E-state index contributed by atoms with van der Waals surface area (Å²) in [5, 5.41) is 0. The highest BCUT2D eigenvalue weighted by atomic mass is 14.4. The molecule has 1 unspecified atom stereocenters. The SMILES string of the molecule is CCC1CCCC(C)(C)[C@@H]1C. The minimum absolute atomic E-state index is 0.610. The van der Waals surface area contributed by atoms with E-state index in [0.717, 1.165) is 11.8 Å². The van der Waals surface area contributed by atoms with E-state index in [0.29, 0.717) is 5.41 Å². The lowest BCUT2D eigenvalue weighted by atomic mass is 9.64. The predicted octanol–water partition coefficient (Wildman–Crippen LogP) is 3.86. The molecule has 2 atom stereocenters. The van der Waals surface area contributed by atoms with E-state index in [1.807, 2.05) is 0 Å². The zero-order valence-electron chi connectivity index (χ0n) is 8.48. The largest absolute Gasteiger partial charge is 0.0651 e. The molecule has 0 aromatic heterocycles. The molecular formula is C11H22. The second-order valence-corrected chi connectivity index (χ2v) is 4.84. The second-order valence-electron chi connectivity index (χ2n) is 4.84. The van der Waals surface area contributed by atoms with Gasteiger partial charge >= 0.3 is 0 Å². The van der Waals surface area contributed by atoms with Crippen LogP contribution in [0.15, 0.2) is 0 Å². The van der Waals surface area contributed by atoms with Crippen LogP contribution in [-0.4, -0.2) is 0 Å². The molecule has 0 aromatic carbocycles. The van der Waals surface area contributed by atoms with Crippen LogP contribution in [0, 0.1) is 17.3 Å². The second kappa shape index (κ2) is 3.16. The summed E-state index contributed by atoms with van der Waals surface area (Å²) >= 11 is 0. The minimum Gasteiger partial charge on any atom is -0.0651 e. The molecule has 0 heteroatoms. The molecule has 0 spiro atoms. The van der Waals surface area contributed by atoms with Crippen LogP contribution in [0.4, 0.5) is 0 Å². The lowest BCUT2D eigenvalue weighted by Gasteiger charge is -2.42. The van der Waals surface area contributed by atoms with E-state index in [-0.39, 0.29) is 0 Å². The third-order valence-electron chi connectivity index (χ3n) is 3.86. The van der Waals surface area contributed by atoms with Crippen molar-refractivity contribution < 1.29 is 0 Å². The van der Waals surface area contributed by atoms with Gasteiger partial charge in [-0.25, -0.2) is 0 Å². The van der Waals surface area contributed by atoms with Gasteiger partial charge in [0.05, 0.1) is 0 Å². The molecular weight excluding hydrogens is 132 g/mol. The van der Waals surface area contributed by atoms with Crippen molar-refractivity contribution in [3.8, 4) is 0 Å². The highest BCUT2D eigenvalue weighted by Gasteiger charge is 2.34. The molecule has 0 bridgehead atoms. The summed E-state index contributed by atoms with van der Waals surface area (Å²) in [6.45, 7) is 9.63. The maximum atomic E-state index is 2.44. The molecule has 1 aliphatic carbocycles. The first-order valence-electron chi connectivity index (χ1n) is 5.08. The summed E-state index contributed by atoms with van der Waals surface area (Å²) in [4.78, 5) is 0. The standard InChI is InChI=1S/C11H22/c1-5-10-7-6-8-11(3,4)9(10)2/h9-10H,5-8H2,1-4H3/t9-,10?/m1/s1. The van der Waals surface area contributed by atoms with E-state index in [1.165, 1.54) is 25.7 Å². The van der Waals surface area contributed by atoms with Crippen molar-refractivity contribution in [2.75, 3.05) is 0 Å². The molecule has 66 valence electrons. The first kappa shape index (κ1) is 9.09. The molecule has 0 radical (unpaired) electrons. The molecule has 11 heavy (non-hydrogen) atoms. The van der Waals surface area contributed by atoms with Gasteiger partial charge in [0.1, 0.15) is 0 Å². The Balaban J connectivity index is 2.60. The van der Waals surface area contributed by atoms with Crippen LogP contribution in [-0.2, 0) is 0 Å². The van der Waals surface area contributed by atoms with Gasteiger partial charge in [0.25, 0.3) is 0 Å². The Hall–Kier alpha value is 0.